The molecule has 1 fully saturated rings. The van der Waals surface area contributed by atoms with E-state index in [9.17, 15) is 9.59 Å². The minimum Gasteiger partial charge on any atom is -0.463 e. The molecule has 1 N–H and O–H groups in total. The van der Waals surface area contributed by atoms with Gasteiger partial charge in [-0.25, -0.2) is 0 Å². The van der Waals surface area contributed by atoms with Gasteiger partial charge in [-0.05, 0) is 83.5 Å². The molecular formula is C49H95NO5. The zero-order valence-electron chi connectivity index (χ0n) is 37.4. The molecule has 6 nitrogen and oxygen atoms in total. The van der Waals surface area contributed by atoms with Crippen LogP contribution >= 0.6 is 0 Å². The number of hydrogen-bond donors (Lipinski definition) is 1. The van der Waals surface area contributed by atoms with Crippen molar-refractivity contribution in [2.24, 2.45) is 5.92 Å². The summed E-state index contributed by atoms with van der Waals surface area (Å²) in [7, 11) is 0. The van der Waals surface area contributed by atoms with Gasteiger partial charge in [0.25, 0.3) is 0 Å². The van der Waals surface area contributed by atoms with Crippen molar-refractivity contribution < 1.29 is 23.8 Å². The van der Waals surface area contributed by atoms with Gasteiger partial charge in [0.15, 0.2) is 0 Å². The Bertz CT molecular complexity index is 814. The summed E-state index contributed by atoms with van der Waals surface area (Å²) in [5, 5.41) is 3.91. The summed E-state index contributed by atoms with van der Waals surface area (Å²) in [6.07, 6.45) is 42.8. The first-order chi connectivity index (χ1) is 27.0. The van der Waals surface area contributed by atoms with Crippen LogP contribution in [0, 0.1) is 5.92 Å². The number of hydrogen-bond acceptors (Lipinski definition) is 6. The zero-order chi connectivity index (χ0) is 39.9. The summed E-state index contributed by atoms with van der Waals surface area (Å²) in [6.45, 7) is 11.7. The Morgan fingerprint density at radius 1 is 0.527 bits per heavy atom. The van der Waals surface area contributed by atoms with Gasteiger partial charge >= 0.3 is 11.9 Å². The van der Waals surface area contributed by atoms with E-state index in [2.05, 4.69) is 33.0 Å². The molecule has 1 heterocycles. The minimum atomic E-state index is -0.00943. The normalized spacial score (nSPS) is 15.5. The fourth-order valence-corrected chi connectivity index (χ4v) is 8.17. The van der Waals surface area contributed by atoms with Crippen molar-refractivity contribution in [3.63, 3.8) is 0 Å². The molecule has 55 heavy (non-hydrogen) atoms. The number of nitrogens with one attached hydrogen (secondary N) is 1. The maximum Gasteiger partial charge on any atom is 0.306 e. The van der Waals surface area contributed by atoms with Crippen molar-refractivity contribution in [3.05, 3.63) is 0 Å². The number of rotatable bonds is 42. The Morgan fingerprint density at radius 2 is 0.927 bits per heavy atom. The lowest BCUT2D eigenvalue weighted by Gasteiger charge is -2.21. The molecule has 0 aromatic heterocycles. The van der Waals surface area contributed by atoms with E-state index in [0.29, 0.717) is 24.8 Å². The van der Waals surface area contributed by atoms with Crippen molar-refractivity contribution >= 4 is 11.9 Å². The molecule has 3 atom stereocenters. The predicted octanol–water partition coefficient (Wildman–Crippen LogP) is 14.5. The standard InChI is InChI=1S/C49H95NO5/c1-5-8-11-14-19-26-33-44(4)54-48(51)38-31-24-17-20-27-34-46(50-42-45-40-41-53-43-45)35-28-21-18-25-32-39-49(52)55-47(36-29-22-15-12-9-6-2)37-30-23-16-13-10-7-3/h44-47,50H,5-43H2,1-4H3. The number of ether oxygens (including phenoxy) is 3. The van der Waals surface area contributed by atoms with Gasteiger partial charge < -0.3 is 19.5 Å². The topological polar surface area (TPSA) is 73.9 Å². The van der Waals surface area contributed by atoms with Gasteiger partial charge in [0.1, 0.15) is 6.10 Å². The molecule has 0 saturated carbocycles. The van der Waals surface area contributed by atoms with Crippen LogP contribution in [0.4, 0.5) is 0 Å². The van der Waals surface area contributed by atoms with Gasteiger partial charge in [0, 0.05) is 32.0 Å². The van der Waals surface area contributed by atoms with Gasteiger partial charge in [0.05, 0.1) is 12.7 Å². The molecule has 0 radical (unpaired) electrons. The predicted molar refractivity (Wildman–Crippen MR) is 235 cm³/mol. The highest BCUT2D eigenvalue weighted by molar-refractivity contribution is 5.69. The lowest BCUT2D eigenvalue weighted by atomic mass is 9.99. The maximum absolute atomic E-state index is 12.8. The van der Waals surface area contributed by atoms with Gasteiger partial charge in [0.2, 0.25) is 0 Å². The van der Waals surface area contributed by atoms with E-state index in [-0.39, 0.29) is 24.1 Å². The van der Waals surface area contributed by atoms with Crippen LogP contribution in [0.1, 0.15) is 259 Å². The van der Waals surface area contributed by atoms with E-state index >= 15 is 0 Å². The molecule has 0 aromatic carbocycles. The summed E-state index contributed by atoms with van der Waals surface area (Å²) >= 11 is 0. The number of carbonyl (C=O) groups is 2. The van der Waals surface area contributed by atoms with Gasteiger partial charge in [-0.3, -0.25) is 9.59 Å². The zero-order valence-corrected chi connectivity index (χ0v) is 37.4. The summed E-state index contributed by atoms with van der Waals surface area (Å²) in [4.78, 5) is 25.1. The Balaban J connectivity index is 2.23. The second kappa shape index (κ2) is 39.7. The second-order valence-electron chi connectivity index (χ2n) is 17.5. The maximum atomic E-state index is 12.8. The molecule has 6 heteroatoms. The average Bonchev–Trinajstić information content (AvgIpc) is 3.70. The molecule has 0 spiro atoms. The monoisotopic (exact) mass is 778 g/mol. The average molecular weight is 778 g/mol. The highest BCUT2D eigenvalue weighted by atomic mass is 16.5. The second-order valence-corrected chi connectivity index (χ2v) is 17.5. The van der Waals surface area contributed by atoms with Crippen molar-refractivity contribution in [3.8, 4) is 0 Å². The lowest BCUT2D eigenvalue weighted by molar-refractivity contribution is -0.150. The van der Waals surface area contributed by atoms with Crippen LogP contribution in [0.5, 0.6) is 0 Å². The third kappa shape index (κ3) is 34.6. The summed E-state index contributed by atoms with van der Waals surface area (Å²) in [5.41, 5.74) is 0. The molecule has 0 amide bonds. The van der Waals surface area contributed by atoms with E-state index < -0.39 is 0 Å². The third-order valence-corrected chi connectivity index (χ3v) is 11.9. The summed E-state index contributed by atoms with van der Waals surface area (Å²) in [5.74, 6) is 0.687. The summed E-state index contributed by atoms with van der Waals surface area (Å²) in [6, 6.07) is 0.578. The van der Waals surface area contributed by atoms with Crippen LogP contribution < -0.4 is 5.32 Å². The van der Waals surface area contributed by atoms with E-state index in [1.807, 2.05) is 0 Å². The Kier molecular flexibility index (Phi) is 37.4. The highest BCUT2D eigenvalue weighted by Gasteiger charge is 2.18. The van der Waals surface area contributed by atoms with E-state index in [1.54, 1.807) is 0 Å². The smallest absolute Gasteiger partial charge is 0.306 e. The van der Waals surface area contributed by atoms with Crippen LogP contribution in [-0.2, 0) is 23.8 Å². The Morgan fingerprint density at radius 3 is 1.38 bits per heavy atom. The van der Waals surface area contributed by atoms with E-state index in [1.165, 1.54) is 173 Å². The molecule has 1 aliphatic rings. The fraction of sp³-hybridized carbons (Fsp3) is 0.959. The van der Waals surface area contributed by atoms with Crippen molar-refractivity contribution in [2.75, 3.05) is 19.8 Å². The quantitative estimate of drug-likeness (QED) is 0.0491. The van der Waals surface area contributed by atoms with Crippen molar-refractivity contribution in [1.29, 1.82) is 0 Å². The van der Waals surface area contributed by atoms with Gasteiger partial charge in [-0.15, -0.1) is 0 Å². The summed E-state index contributed by atoms with van der Waals surface area (Å²) < 4.78 is 17.4. The van der Waals surface area contributed by atoms with Crippen LogP contribution in [-0.4, -0.2) is 49.9 Å². The van der Waals surface area contributed by atoms with Gasteiger partial charge in [-0.1, -0.05) is 168 Å². The van der Waals surface area contributed by atoms with Crippen LogP contribution in [0.25, 0.3) is 0 Å². The van der Waals surface area contributed by atoms with Crippen LogP contribution in [0.3, 0.4) is 0 Å². The van der Waals surface area contributed by atoms with Crippen molar-refractivity contribution in [2.45, 2.75) is 277 Å². The Labute approximate surface area is 342 Å². The molecule has 326 valence electrons. The molecule has 0 bridgehead atoms. The number of carbonyl (C=O) groups excluding carboxylic acids is 2. The Hall–Kier alpha value is -1.14. The van der Waals surface area contributed by atoms with Crippen molar-refractivity contribution in [1.82, 2.24) is 5.32 Å². The van der Waals surface area contributed by atoms with E-state index in [0.717, 1.165) is 64.7 Å². The molecule has 1 saturated heterocycles. The SMILES string of the molecule is CCCCCCCCC(C)OC(=O)CCCCCCCC(CCCCCCCC(=O)OC(CCCCCCCC)CCCCCCCC)NCC1CCOC1. The molecule has 1 aliphatic heterocycles. The van der Waals surface area contributed by atoms with Crippen LogP contribution in [0.2, 0.25) is 0 Å². The molecule has 0 aliphatic carbocycles. The minimum absolute atomic E-state index is 0.00943. The molecular weight excluding hydrogens is 683 g/mol. The number of esters is 2. The fourth-order valence-electron chi connectivity index (χ4n) is 8.17. The molecule has 1 rings (SSSR count). The first kappa shape index (κ1) is 51.9. The first-order valence-electron chi connectivity index (χ1n) is 24.7. The molecule has 0 aromatic rings. The van der Waals surface area contributed by atoms with E-state index in [4.69, 9.17) is 14.2 Å². The highest BCUT2D eigenvalue weighted by Crippen LogP contribution is 2.20. The first-order valence-corrected chi connectivity index (χ1v) is 24.7. The van der Waals surface area contributed by atoms with Gasteiger partial charge in [-0.2, -0.15) is 0 Å². The number of unbranched alkanes of at least 4 members (excludes halogenated alkanes) is 23. The lowest BCUT2D eigenvalue weighted by Crippen LogP contribution is -2.33. The third-order valence-electron chi connectivity index (χ3n) is 11.9. The van der Waals surface area contributed by atoms with Crippen LogP contribution in [0.15, 0.2) is 0 Å². The molecule has 3 unspecified atom stereocenters. The largest absolute Gasteiger partial charge is 0.463 e.